The van der Waals surface area contributed by atoms with Crippen LogP contribution in [0.25, 0.3) is 0 Å². The second-order valence-electron chi connectivity index (χ2n) is 8.15. The van der Waals surface area contributed by atoms with E-state index < -0.39 is 0 Å². The van der Waals surface area contributed by atoms with Crippen molar-refractivity contribution in [2.24, 2.45) is 11.7 Å². The zero-order valence-corrected chi connectivity index (χ0v) is 19.7. The maximum Gasteiger partial charge on any atom is 0.226 e. The molecule has 7 nitrogen and oxygen atoms in total. The molecule has 0 radical (unpaired) electrons. The molecule has 1 fully saturated rings. The molecule has 2 aliphatic rings. The van der Waals surface area contributed by atoms with Crippen LogP contribution in [0, 0.1) is 11.3 Å². The number of nitrogens with one attached hydrogen (secondary N) is 1. The first kappa shape index (κ1) is 25.7. The predicted molar refractivity (Wildman–Crippen MR) is 130 cm³/mol. The molecule has 174 valence electrons. The normalized spacial score (nSPS) is 15.8. The number of hydrogen-bond acceptors (Lipinski definition) is 4. The van der Waals surface area contributed by atoms with Gasteiger partial charge in [0.05, 0.1) is 13.0 Å². The summed E-state index contributed by atoms with van der Waals surface area (Å²) in [6.07, 6.45) is 6.72. The van der Waals surface area contributed by atoms with Crippen LogP contribution in [-0.4, -0.2) is 52.9 Å². The van der Waals surface area contributed by atoms with Gasteiger partial charge in [-0.15, -0.1) is 24.8 Å². The summed E-state index contributed by atoms with van der Waals surface area (Å²) in [7, 11) is 0. The first-order valence-electron chi connectivity index (χ1n) is 10.6. The number of amides is 1. The molecule has 3 heterocycles. The Balaban J connectivity index is 0.00000181. The van der Waals surface area contributed by atoms with Gasteiger partial charge in [0.1, 0.15) is 5.75 Å². The summed E-state index contributed by atoms with van der Waals surface area (Å²) >= 11 is 0. The number of likely N-dealkylation sites (tertiary alicyclic amines) is 1. The van der Waals surface area contributed by atoms with E-state index in [2.05, 4.69) is 17.1 Å². The Labute approximate surface area is 201 Å². The maximum absolute atomic E-state index is 12.5. The number of carbonyl (C=O) groups is 1. The molecule has 0 aliphatic carbocycles. The zero-order chi connectivity index (χ0) is 20.9. The number of nitrogens with two attached hydrogens (primary N) is 1. The highest BCUT2D eigenvalue weighted by Gasteiger charge is 2.24. The number of guanidine groups is 1. The van der Waals surface area contributed by atoms with Gasteiger partial charge in [0, 0.05) is 38.6 Å². The Hall–Kier alpha value is -2.51. The van der Waals surface area contributed by atoms with Crippen molar-refractivity contribution in [1.82, 2.24) is 14.8 Å². The van der Waals surface area contributed by atoms with Gasteiger partial charge in [-0.2, -0.15) is 0 Å². The Kier molecular flexibility index (Phi) is 9.60. The van der Waals surface area contributed by atoms with E-state index >= 15 is 0 Å². The number of benzene rings is 1. The number of piperidine rings is 1. The molecule has 4 rings (SSSR count). The molecule has 0 spiro atoms. The summed E-state index contributed by atoms with van der Waals surface area (Å²) in [5.41, 5.74) is 9.14. The van der Waals surface area contributed by atoms with Crippen LogP contribution < -0.4 is 10.5 Å². The third kappa shape index (κ3) is 6.50. The lowest BCUT2D eigenvalue weighted by molar-refractivity contribution is -0.132. The van der Waals surface area contributed by atoms with E-state index in [1.54, 1.807) is 12.4 Å². The van der Waals surface area contributed by atoms with Gasteiger partial charge in [0.25, 0.3) is 0 Å². The van der Waals surface area contributed by atoms with Crippen LogP contribution in [0.3, 0.4) is 0 Å². The van der Waals surface area contributed by atoms with Gasteiger partial charge in [-0.1, -0.05) is 6.07 Å². The highest BCUT2D eigenvalue weighted by molar-refractivity contribution is 5.85. The molecule has 2 aromatic rings. The summed E-state index contributed by atoms with van der Waals surface area (Å²) < 4.78 is 6.08. The van der Waals surface area contributed by atoms with Crippen molar-refractivity contribution in [3.05, 3.63) is 59.4 Å². The summed E-state index contributed by atoms with van der Waals surface area (Å²) in [6.45, 7) is 3.70. The number of carbonyl (C=O) groups excluding carboxylic acids is 1. The van der Waals surface area contributed by atoms with Crippen molar-refractivity contribution >= 4 is 36.7 Å². The Morgan fingerprint density at radius 2 is 1.78 bits per heavy atom. The van der Waals surface area contributed by atoms with Crippen molar-refractivity contribution in [3.63, 3.8) is 0 Å². The number of rotatable bonds is 5. The number of aromatic nitrogens is 1. The van der Waals surface area contributed by atoms with E-state index in [4.69, 9.17) is 15.9 Å². The summed E-state index contributed by atoms with van der Waals surface area (Å²) in [6, 6.07) is 10.0. The minimum atomic E-state index is 0. The van der Waals surface area contributed by atoms with Crippen molar-refractivity contribution in [2.45, 2.75) is 32.2 Å². The minimum Gasteiger partial charge on any atom is -0.493 e. The predicted octanol–water partition coefficient (Wildman–Crippen LogP) is 3.04. The Bertz CT molecular complexity index is 905. The van der Waals surface area contributed by atoms with Gasteiger partial charge in [0.2, 0.25) is 5.91 Å². The van der Waals surface area contributed by atoms with E-state index in [9.17, 15) is 4.79 Å². The van der Waals surface area contributed by atoms with Gasteiger partial charge in [-0.25, -0.2) is 0 Å². The van der Waals surface area contributed by atoms with E-state index in [0.29, 0.717) is 25.5 Å². The second-order valence-corrected chi connectivity index (χ2v) is 8.15. The molecule has 0 bridgehead atoms. The van der Waals surface area contributed by atoms with Gasteiger partial charge < -0.3 is 20.3 Å². The smallest absolute Gasteiger partial charge is 0.226 e. The molecular weight excluding hydrogens is 449 g/mol. The molecule has 1 saturated heterocycles. The fourth-order valence-electron chi connectivity index (χ4n) is 4.18. The van der Waals surface area contributed by atoms with Crippen molar-refractivity contribution in [3.8, 4) is 5.75 Å². The molecule has 1 aromatic heterocycles. The van der Waals surface area contributed by atoms with E-state index in [1.807, 2.05) is 28.0 Å². The standard InChI is InChI=1S/C23H29N5O2.2ClH/c24-23(25)28-12-7-19-1-2-21(14-20(19)15-28)30-16-18-5-10-27(11-6-18)22(29)13-17-3-8-26-9-4-17;;/h1-4,8-9,14,18H,5-7,10-13,15-16H2,(H3,24,25);2*1H. The zero-order valence-electron chi connectivity index (χ0n) is 18.0. The minimum absolute atomic E-state index is 0. The van der Waals surface area contributed by atoms with Gasteiger partial charge in [-0.05, 0) is 66.1 Å². The van der Waals surface area contributed by atoms with Gasteiger partial charge in [-0.3, -0.25) is 15.2 Å². The van der Waals surface area contributed by atoms with Crippen LogP contribution in [-0.2, 0) is 24.2 Å². The summed E-state index contributed by atoms with van der Waals surface area (Å²) in [5, 5.41) is 7.65. The number of halogens is 2. The first-order chi connectivity index (χ1) is 14.6. The molecule has 32 heavy (non-hydrogen) atoms. The Morgan fingerprint density at radius 3 is 2.47 bits per heavy atom. The van der Waals surface area contributed by atoms with Crippen molar-refractivity contribution in [1.29, 1.82) is 5.41 Å². The fourth-order valence-corrected chi connectivity index (χ4v) is 4.18. The monoisotopic (exact) mass is 479 g/mol. The van der Waals surface area contributed by atoms with E-state index in [-0.39, 0.29) is 36.7 Å². The lowest BCUT2D eigenvalue weighted by Gasteiger charge is -2.32. The average molecular weight is 480 g/mol. The molecular formula is C23H31Cl2N5O2. The molecule has 2 aliphatic heterocycles. The molecule has 0 unspecified atom stereocenters. The summed E-state index contributed by atoms with van der Waals surface area (Å²) in [5.74, 6) is 1.64. The summed E-state index contributed by atoms with van der Waals surface area (Å²) in [4.78, 5) is 20.4. The van der Waals surface area contributed by atoms with Gasteiger partial charge in [0.15, 0.2) is 5.96 Å². The highest BCUT2D eigenvalue weighted by Crippen LogP contribution is 2.25. The van der Waals surface area contributed by atoms with Gasteiger partial charge >= 0.3 is 0 Å². The lowest BCUT2D eigenvalue weighted by Crippen LogP contribution is -2.40. The average Bonchev–Trinajstić information content (AvgIpc) is 2.78. The largest absolute Gasteiger partial charge is 0.493 e. The molecule has 1 amide bonds. The molecule has 1 aromatic carbocycles. The fraction of sp³-hybridized carbons (Fsp3) is 0.435. The van der Waals surface area contributed by atoms with Crippen molar-refractivity contribution in [2.75, 3.05) is 26.2 Å². The second kappa shape index (κ2) is 11.9. The number of ether oxygens (including phenoxy) is 1. The van der Waals surface area contributed by atoms with Crippen LogP contribution >= 0.6 is 24.8 Å². The van der Waals surface area contributed by atoms with Crippen LogP contribution in [0.1, 0.15) is 29.5 Å². The van der Waals surface area contributed by atoms with Crippen LogP contribution in [0.5, 0.6) is 5.75 Å². The SMILES string of the molecule is Cl.Cl.N=C(N)N1CCc2ccc(OCC3CCN(C(=O)Cc4ccncc4)CC3)cc2C1. The number of fused-ring (bicyclic) bond motifs is 1. The number of pyridine rings is 1. The first-order valence-corrected chi connectivity index (χ1v) is 10.6. The van der Waals surface area contributed by atoms with Crippen molar-refractivity contribution < 1.29 is 9.53 Å². The molecule has 9 heteroatoms. The lowest BCUT2D eigenvalue weighted by atomic mass is 9.97. The van der Waals surface area contributed by atoms with Crippen LogP contribution in [0.4, 0.5) is 0 Å². The number of nitrogens with zero attached hydrogens (tertiary/aromatic N) is 3. The molecule has 3 N–H and O–H groups in total. The molecule has 0 saturated carbocycles. The molecule has 0 atom stereocenters. The third-order valence-corrected chi connectivity index (χ3v) is 6.09. The number of hydrogen-bond donors (Lipinski definition) is 2. The Morgan fingerprint density at radius 1 is 1.06 bits per heavy atom. The van der Waals surface area contributed by atoms with E-state index in [0.717, 1.165) is 50.2 Å². The van der Waals surface area contributed by atoms with Crippen LogP contribution in [0.15, 0.2) is 42.7 Å². The maximum atomic E-state index is 12.5. The highest BCUT2D eigenvalue weighted by atomic mass is 35.5. The topological polar surface area (TPSA) is 95.5 Å². The third-order valence-electron chi connectivity index (χ3n) is 6.09. The van der Waals surface area contributed by atoms with E-state index in [1.165, 1.54) is 11.1 Å². The quantitative estimate of drug-likeness (QED) is 0.507. The van der Waals surface area contributed by atoms with Crippen LogP contribution in [0.2, 0.25) is 0 Å².